The largest absolute Gasteiger partial charge is 0.389 e. The lowest BCUT2D eigenvalue weighted by molar-refractivity contribution is 0.730. The summed E-state index contributed by atoms with van der Waals surface area (Å²) in [5.74, 6) is 0.794. The first-order chi connectivity index (χ1) is 8.99. The van der Waals surface area contributed by atoms with Gasteiger partial charge < -0.3 is 11.1 Å². The molecule has 2 rings (SSSR count). The van der Waals surface area contributed by atoms with E-state index in [0.717, 1.165) is 22.8 Å². The number of pyridine rings is 1. The van der Waals surface area contributed by atoms with E-state index >= 15 is 0 Å². The zero-order valence-electron chi connectivity index (χ0n) is 11.3. The smallest absolute Gasteiger partial charge is 0.126 e. The van der Waals surface area contributed by atoms with Crippen LogP contribution in [0.2, 0.25) is 0 Å². The van der Waals surface area contributed by atoms with Crippen molar-refractivity contribution in [3.05, 3.63) is 40.8 Å². The van der Waals surface area contributed by atoms with Crippen LogP contribution in [-0.4, -0.2) is 19.8 Å². The zero-order chi connectivity index (χ0) is 14.0. The number of rotatable bonds is 4. The van der Waals surface area contributed by atoms with E-state index in [4.69, 9.17) is 18.0 Å². The molecule has 6 heteroatoms. The van der Waals surface area contributed by atoms with Crippen LogP contribution in [0.3, 0.4) is 0 Å². The van der Waals surface area contributed by atoms with Crippen molar-refractivity contribution in [1.29, 1.82) is 0 Å². The van der Waals surface area contributed by atoms with E-state index in [0.29, 0.717) is 11.5 Å². The topological polar surface area (TPSA) is 68.8 Å². The molecule has 100 valence electrons. The van der Waals surface area contributed by atoms with Gasteiger partial charge in [0.05, 0.1) is 5.69 Å². The second kappa shape index (κ2) is 5.36. The maximum atomic E-state index is 5.53. The van der Waals surface area contributed by atoms with Crippen molar-refractivity contribution >= 4 is 23.0 Å². The van der Waals surface area contributed by atoms with Crippen molar-refractivity contribution in [2.24, 2.45) is 12.8 Å². The molecule has 0 spiro atoms. The van der Waals surface area contributed by atoms with E-state index in [1.54, 1.807) is 6.20 Å². The molecule has 0 aromatic carbocycles. The molecule has 3 N–H and O–H groups in total. The van der Waals surface area contributed by atoms with Gasteiger partial charge in [-0.1, -0.05) is 12.2 Å². The molecule has 0 aliphatic carbocycles. The number of hydrogen-bond acceptors (Lipinski definition) is 4. The summed E-state index contributed by atoms with van der Waals surface area (Å²) in [5, 5.41) is 7.66. The molecule has 0 aliphatic rings. The number of hydrogen-bond donors (Lipinski definition) is 2. The third-order valence-electron chi connectivity index (χ3n) is 3.15. The quantitative estimate of drug-likeness (QED) is 0.831. The van der Waals surface area contributed by atoms with E-state index < -0.39 is 0 Å². The molecule has 5 nitrogen and oxygen atoms in total. The minimum absolute atomic E-state index is 0.359. The molecule has 0 atom stereocenters. The van der Waals surface area contributed by atoms with Crippen LogP contribution in [0.4, 0.5) is 5.82 Å². The van der Waals surface area contributed by atoms with E-state index in [2.05, 4.69) is 22.3 Å². The van der Waals surface area contributed by atoms with E-state index in [9.17, 15) is 0 Å². The molecule has 0 saturated heterocycles. The minimum atomic E-state index is 0.359. The van der Waals surface area contributed by atoms with Crippen LogP contribution in [0.25, 0.3) is 0 Å². The fourth-order valence-electron chi connectivity index (χ4n) is 1.90. The Morgan fingerprint density at radius 2 is 2.16 bits per heavy atom. The van der Waals surface area contributed by atoms with Crippen molar-refractivity contribution in [3.63, 3.8) is 0 Å². The van der Waals surface area contributed by atoms with Crippen LogP contribution in [0.5, 0.6) is 0 Å². The summed E-state index contributed by atoms with van der Waals surface area (Å²) in [6.45, 7) is 4.76. The fraction of sp³-hybridized carbons (Fsp3) is 0.308. The summed E-state index contributed by atoms with van der Waals surface area (Å²) in [5.41, 5.74) is 9.69. The van der Waals surface area contributed by atoms with Gasteiger partial charge in [0.15, 0.2) is 0 Å². The predicted molar refractivity (Wildman–Crippen MR) is 80.1 cm³/mol. The van der Waals surface area contributed by atoms with Crippen molar-refractivity contribution < 1.29 is 0 Å². The fourth-order valence-corrected chi connectivity index (χ4v) is 2.02. The normalized spacial score (nSPS) is 10.5. The molecule has 19 heavy (non-hydrogen) atoms. The van der Waals surface area contributed by atoms with Gasteiger partial charge in [0.1, 0.15) is 10.8 Å². The molecule has 2 aromatic heterocycles. The molecule has 0 unspecified atom stereocenters. The van der Waals surface area contributed by atoms with Gasteiger partial charge in [-0.05, 0) is 26.0 Å². The SMILES string of the molecule is Cc1nn(C)c(C)c1CNc1ccc(C(N)=S)cn1. The van der Waals surface area contributed by atoms with Crippen molar-refractivity contribution in [2.75, 3.05) is 5.32 Å². The lowest BCUT2D eigenvalue weighted by Crippen LogP contribution is -2.10. The van der Waals surface area contributed by atoms with Gasteiger partial charge in [-0.3, -0.25) is 4.68 Å². The molecule has 0 aliphatic heterocycles. The van der Waals surface area contributed by atoms with Gasteiger partial charge >= 0.3 is 0 Å². The van der Waals surface area contributed by atoms with Crippen LogP contribution >= 0.6 is 12.2 Å². The monoisotopic (exact) mass is 275 g/mol. The highest BCUT2D eigenvalue weighted by Crippen LogP contribution is 2.14. The Morgan fingerprint density at radius 3 is 2.63 bits per heavy atom. The Morgan fingerprint density at radius 1 is 1.42 bits per heavy atom. The summed E-state index contributed by atoms with van der Waals surface area (Å²) in [7, 11) is 1.95. The number of nitrogens with one attached hydrogen (secondary N) is 1. The van der Waals surface area contributed by atoms with Crippen LogP contribution in [-0.2, 0) is 13.6 Å². The maximum Gasteiger partial charge on any atom is 0.126 e. The second-order valence-electron chi connectivity index (χ2n) is 4.42. The first-order valence-corrected chi connectivity index (χ1v) is 6.38. The summed E-state index contributed by atoms with van der Waals surface area (Å²) in [6.07, 6.45) is 1.67. The van der Waals surface area contributed by atoms with Crippen LogP contribution in [0.1, 0.15) is 22.5 Å². The molecule has 2 heterocycles. The van der Waals surface area contributed by atoms with Gasteiger partial charge in [-0.15, -0.1) is 0 Å². The van der Waals surface area contributed by atoms with Crippen LogP contribution in [0.15, 0.2) is 18.3 Å². The summed E-state index contributed by atoms with van der Waals surface area (Å²) < 4.78 is 1.88. The van der Waals surface area contributed by atoms with Crippen molar-refractivity contribution in [1.82, 2.24) is 14.8 Å². The second-order valence-corrected chi connectivity index (χ2v) is 4.86. The first kappa shape index (κ1) is 13.5. The number of aromatic nitrogens is 3. The molecular weight excluding hydrogens is 258 g/mol. The summed E-state index contributed by atoms with van der Waals surface area (Å²) in [6, 6.07) is 3.73. The van der Waals surface area contributed by atoms with Crippen LogP contribution in [0, 0.1) is 13.8 Å². The van der Waals surface area contributed by atoms with Gasteiger partial charge in [0.2, 0.25) is 0 Å². The highest BCUT2D eigenvalue weighted by molar-refractivity contribution is 7.80. The molecule has 0 radical (unpaired) electrons. The zero-order valence-corrected chi connectivity index (χ0v) is 12.1. The van der Waals surface area contributed by atoms with E-state index in [1.165, 1.54) is 5.56 Å². The van der Waals surface area contributed by atoms with Crippen molar-refractivity contribution in [3.8, 4) is 0 Å². The molecule has 0 fully saturated rings. The predicted octanol–water partition coefficient (Wildman–Crippen LogP) is 1.68. The number of nitrogens with two attached hydrogens (primary N) is 1. The highest BCUT2D eigenvalue weighted by atomic mass is 32.1. The number of nitrogens with zero attached hydrogens (tertiary/aromatic N) is 3. The van der Waals surface area contributed by atoms with E-state index in [-0.39, 0.29) is 0 Å². The molecule has 0 saturated carbocycles. The number of anilines is 1. The Kier molecular flexibility index (Phi) is 3.80. The standard InChI is InChI=1S/C13H17N5S/c1-8-11(9(2)18(3)17-8)7-16-12-5-4-10(6-15-12)13(14)19/h4-6H,7H2,1-3H3,(H2,14,19)(H,15,16). The Bertz CT molecular complexity index is 600. The number of thiocarbonyl (C=S) groups is 1. The molecule has 0 bridgehead atoms. The Labute approximate surface area is 117 Å². The summed E-state index contributed by atoms with van der Waals surface area (Å²) in [4.78, 5) is 4.63. The molecule has 2 aromatic rings. The van der Waals surface area contributed by atoms with Crippen molar-refractivity contribution in [2.45, 2.75) is 20.4 Å². The molecular formula is C13H17N5S. The van der Waals surface area contributed by atoms with Gasteiger partial charge in [-0.2, -0.15) is 5.10 Å². The van der Waals surface area contributed by atoms with Gasteiger partial charge in [-0.25, -0.2) is 4.98 Å². The Balaban J connectivity index is 2.08. The highest BCUT2D eigenvalue weighted by Gasteiger charge is 2.08. The first-order valence-electron chi connectivity index (χ1n) is 5.98. The molecule has 0 amide bonds. The van der Waals surface area contributed by atoms with Gasteiger partial charge in [0.25, 0.3) is 0 Å². The number of aryl methyl sites for hydroxylation is 2. The average molecular weight is 275 g/mol. The Hall–Kier alpha value is -1.95. The average Bonchev–Trinajstić information content (AvgIpc) is 2.62. The minimum Gasteiger partial charge on any atom is -0.389 e. The lowest BCUT2D eigenvalue weighted by atomic mass is 10.2. The van der Waals surface area contributed by atoms with E-state index in [1.807, 2.05) is 30.8 Å². The maximum absolute atomic E-state index is 5.53. The lowest BCUT2D eigenvalue weighted by Gasteiger charge is -2.07. The third-order valence-corrected chi connectivity index (χ3v) is 3.39. The van der Waals surface area contributed by atoms with Gasteiger partial charge in [0, 0.05) is 36.6 Å². The van der Waals surface area contributed by atoms with Crippen LogP contribution < -0.4 is 11.1 Å². The summed E-state index contributed by atoms with van der Waals surface area (Å²) >= 11 is 4.89. The third kappa shape index (κ3) is 2.90.